The molecule has 742 valence electrons. The zero-order chi connectivity index (χ0) is 100. The number of hydrogen-bond donors (Lipinski definition) is 0. The maximum absolute atomic E-state index is 7.87. The van der Waals surface area contributed by atoms with Crippen molar-refractivity contribution in [2.75, 3.05) is 0 Å². The van der Waals surface area contributed by atoms with Crippen molar-refractivity contribution in [3.8, 4) is 0 Å². The number of hydrogen-bond acceptors (Lipinski definition) is 0. The minimum absolute atomic E-state index is 0.0388. The van der Waals surface area contributed by atoms with Crippen molar-refractivity contribution < 1.29 is 6.85 Å². The third-order valence-electron chi connectivity index (χ3n) is 34.8. The zero-order valence-corrected chi connectivity index (χ0v) is 91.4. The molecule has 22 rings (SSSR count). The van der Waals surface area contributed by atoms with Crippen LogP contribution >= 0.6 is 0 Å². The molecule has 0 nitrogen and oxygen atoms in total. The Morgan fingerprint density at radius 2 is 0.515 bits per heavy atom. The van der Waals surface area contributed by atoms with Gasteiger partial charge in [0.1, 0.15) is 0 Å². The molecule has 0 heteroatoms. The van der Waals surface area contributed by atoms with Crippen molar-refractivity contribution in [1.82, 2.24) is 0 Å². The van der Waals surface area contributed by atoms with Crippen molar-refractivity contribution >= 4 is 0 Å². The third kappa shape index (κ3) is 45.1. The van der Waals surface area contributed by atoms with Gasteiger partial charge in [-0.3, -0.25) is 0 Å². The van der Waals surface area contributed by atoms with Crippen LogP contribution in [-0.4, -0.2) is 0 Å². The van der Waals surface area contributed by atoms with Crippen LogP contribution in [0.5, 0.6) is 0 Å². The molecule has 16 aliphatic rings. The lowest BCUT2D eigenvalue weighted by Crippen LogP contribution is -2.44. The van der Waals surface area contributed by atoms with Gasteiger partial charge in [-0.2, -0.15) is 0 Å². The molecule has 16 aliphatic carbocycles. The second-order valence-electron chi connectivity index (χ2n) is 50.5. The predicted octanol–water partition coefficient (Wildman–Crippen LogP) is 42.1. The Kier molecular flexibility index (Phi) is 46.3. The monoisotopic (exact) mass is 1800 g/mol. The molecule has 0 aliphatic heterocycles. The number of fused-ring (bicyclic) bond motifs is 4. The van der Waals surface area contributed by atoms with E-state index in [-0.39, 0.29) is 29.5 Å². The topological polar surface area (TPSA) is 0 Å². The lowest BCUT2D eigenvalue weighted by Gasteiger charge is -2.55. The fourth-order valence-corrected chi connectivity index (χ4v) is 25.4. The van der Waals surface area contributed by atoms with Gasteiger partial charge >= 0.3 is 0 Å². The molecule has 8 bridgehead atoms. The van der Waals surface area contributed by atoms with E-state index in [9.17, 15) is 0 Å². The van der Waals surface area contributed by atoms with Gasteiger partial charge in [0.05, 0.1) is 0 Å². The van der Waals surface area contributed by atoms with Crippen molar-refractivity contribution in [3.63, 3.8) is 0 Å². The number of rotatable bonds is 3. The molecule has 16 fully saturated rings. The summed E-state index contributed by atoms with van der Waals surface area (Å²) in [5.74, 6) is 13.5. The summed E-state index contributed by atoms with van der Waals surface area (Å²) in [6, 6.07) is 52.7. The normalized spacial score (nSPS) is 31.5. The fraction of sp³-hybridized carbons (Fsp3) is 0.727. The Labute approximate surface area is 829 Å². The maximum atomic E-state index is 7.87. The lowest BCUT2D eigenvalue weighted by atomic mass is 9.50. The van der Waals surface area contributed by atoms with Crippen LogP contribution in [0.15, 0.2) is 146 Å². The minimum atomic E-state index is -0.116. The van der Waals surface area contributed by atoms with E-state index in [2.05, 4.69) is 287 Å². The third-order valence-corrected chi connectivity index (χ3v) is 34.8. The highest BCUT2D eigenvalue weighted by Crippen LogP contribution is 2.60. The smallest absolute Gasteiger partial charge is 0.0303 e. The summed E-state index contributed by atoms with van der Waals surface area (Å²) < 4.78 is 38.5. The van der Waals surface area contributed by atoms with Gasteiger partial charge in [0.2, 0.25) is 0 Å². The summed E-state index contributed by atoms with van der Waals surface area (Å²) in [5.41, 5.74) is 19.4. The molecule has 0 N–H and O–H groups in total. The van der Waals surface area contributed by atoms with E-state index >= 15 is 0 Å². The van der Waals surface area contributed by atoms with Gasteiger partial charge in [-0.25, -0.2) is 0 Å². The summed E-state index contributed by atoms with van der Waals surface area (Å²) in [6.45, 7) is 55.6. The van der Waals surface area contributed by atoms with E-state index < -0.39 is 0 Å². The molecular weight excluding hydrogens is 1590 g/mol. The first-order valence-corrected chi connectivity index (χ1v) is 56.2. The molecule has 6 unspecified atom stereocenters. The van der Waals surface area contributed by atoms with Crippen LogP contribution in [0, 0.1) is 179 Å². The Bertz CT molecular complexity index is 4040. The molecule has 0 heterocycles. The van der Waals surface area contributed by atoms with Crippen molar-refractivity contribution in [1.29, 1.82) is 0 Å². The Morgan fingerprint density at radius 1 is 0.227 bits per heavy atom. The first-order valence-electron chi connectivity index (χ1n) is 58.7. The molecule has 6 aromatic rings. The van der Waals surface area contributed by atoms with Gasteiger partial charge < -0.3 is 0 Å². The average Bonchev–Trinajstić information content (AvgIpc) is 1.13. The first-order chi connectivity index (χ1) is 64.4. The summed E-state index contributed by atoms with van der Waals surface area (Å²) in [7, 11) is 0. The van der Waals surface area contributed by atoms with Crippen LogP contribution in [0.2, 0.25) is 0 Å². The quantitative estimate of drug-likeness (QED) is 0.166. The summed E-state index contributed by atoms with van der Waals surface area (Å²) >= 11 is 0. The van der Waals surface area contributed by atoms with Crippen molar-refractivity contribution in [3.05, 3.63) is 212 Å². The Balaban J connectivity index is 0.000000182. The fourth-order valence-electron chi connectivity index (χ4n) is 25.4. The highest BCUT2D eigenvalue weighted by molar-refractivity contribution is 5.29. The molecule has 0 spiro atoms. The van der Waals surface area contributed by atoms with Crippen LogP contribution in [-0.2, 0) is 0 Å². The summed E-state index contributed by atoms with van der Waals surface area (Å²) in [6.07, 6.45) is 65.3. The Hall–Kier alpha value is -4.68. The largest absolute Gasteiger partial charge is 0.0625 e. The molecule has 0 radical (unpaired) electrons. The van der Waals surface area contributed by atoms with E-state index in [1.54, 1.807) is 80.9 Å². The lowest BCUT2D eigenvalue weighted by molar-refractivity contribution is -0.0411. The van der Waals surface area contributed by atoms with Gasteiger partial charge in [-0.15, -0.1) is 0 Å². The average molecular weight is 1810 g/mol. The predicted molar refractivity (Wildman–Crippen MR) is 587 cm³/mol. The van der Waals surface area contributed by atoms with E-state index in [1.807, 2.05) is 32.0 Å². The van der Waals surface area contributed by atoms with Crippen LogP contribution in [0.4, 0.5) is 0 Å². The molecular formula is C132H214. The molecule has 6 atom stereocenters. The van der Waals surface area contributed by atoms with Gasteiger partial charge in [0.25, 0.3) is 0 Å². The van der Waals surface area contributed by atoms with Gasteiger partial charge in [0, 0.05) is 6.85 Å². The van der Waals surface area contributed by atoms with Gasteiger partial charge in [-0.05, 0) is 367 Å². The molecule has 0 saturated heterocycles. The Morgan fingerprint density at radius 3 is 0.780 bits per heavy atom. The summed E-state index contributed by atoms with van der Waals surface area (Å²) in [4.78, 5) is 0. The number of aryl methyl sites for hydroxylation is 9. The number of benzene rings is 6. The maximum Gasteiger partial charge on any atom is 0.0303 e. The van der Waals surface area contributed by atoms with E-state index in [0.717, 1.165) is 140 Å². The van der Waals surface area contributed by atoms with Crippen LogP contribution < -0.4 is 0 Å². The molecule has 0 amide bonds. The van der Waals surface area contributed by atoms with Gasteiger partial charge in [0.15, 0.2) is 0 Å². The highest BCUT2D eigenvalue weighted by atomic mass is 14.5. The second-order valence-corrected chi connectivity index (χ2v) is 50.5. The van der Waals surface area contributed by atoms with E-state index in [1.165, 1.54) is 243 Å². The van der Waals surface area contributed by atoms with Gasteiger partial charge in [-0.1, -0.05) is 461 Å². The SMILES string of the molecule is CC12CC3CC(CC(C3)C1)C2.CC1CC2CCC1C2.CC1CCC(C)(C)CC1.Cc1cc(C)cc(C)c1.Cc1ccc(C)cc1.Cc1ccc(C2CCC(C)(C)CC2)cc1.Cc1ccc(C2CCC(C)CC2)cc1.Cc1ccc(C2CCCCC2)cc1.Cc1ccccc1.[2H]C1(C)CC2CCC1C2.[2H]C1(C)CCC(C)(C)CC1.[2H]C1(C)CCC(C)CC1.[2H]C1(C)CCCC1.[2H]C1(C)CCCCC1. The molecule has 0 aromatic heterocycles. The van der Waals surface area contributed by atoms with Crippen molar-refractivity contribution in [2.45, 2.75) is 499 Å². The first kappa shape index (κ1) is 105. The van der Waals surface area contributed by atoms with Crippen LogP contribution in [0.25, 0.3) is 0 Å². The second kappa shape index (κ2) is 58.4. The standard InChI is InChI=1S/C15H22.C14H20.C13H18.C11H18.C9H12.2C9H18.2C8H14.C8H16.C8H10.C7H14.C7H8.C6H12/c1-12-4-6-13(7-5-12)14-8-10-15(2,3)11-9-14;1-11-3-7-13(8-4-11)14-9-5-12(2)6-10-14;1-11-7-9-13(10-8-11)12-5-3-2-4-6-12;1-11-5-8-2-9(6-11)4-10(3-8)7-11;1-7-4-8(2)6-9(3)5-7;2*1-8-4-6-9(2,3)7-5-8;2*1-6-4-7-2-3-8(6)5-7;2*1-7-3-5-8(2)6-4-7;2*1-7-5-3-2-4-6-7;1-6-4-2-3-5-6/h4-7,14H,8-11H2,1-3H3;3-4,7-8,12,14H,5-6,9-10H2,1-2H3;7-10,12H,2-6H2,1H3;8-10H,2-7H2,1H3;4-6H,1-3H3;2*8H,4-7H2,1-3H3;2*6-8H,2-5H2,1H3;7-8H,3-6H2,1-2H3;3-6H,1-2H3;7H,2-6H2,1H3;2-6H,1H3;6H,2-5H2,1H3/i;;;;;8D;;6D;;7D;;7D;;6D. The minimum Gasteiger partial charge on any atom is -0.0625 e. The van der Waals surface area contributed by atoms with E-state index in [4.69, 9.17) is 6.85 Å². The highest BCUT2D eigenvalue weighted by Gasteiger charge is 2.48. The van der Waals surface area contributed by atoms with Crippen LogP contribution in [0.1, 0.15) is 510 Å². The van der Waals surface area contributed by atoms with E-state index in [0.29, 0.717) is 16.2 Å². The molecule has 16 saturated carbocycles. The summed E-state index contributed by atoms with van der Waals surface area (Å²) in [5, 5.41) is 0. The van der Waals surface area contributed by atoms with Crippen LogP contribution in [0.3, 0.4) is 0 Å². The zero-order valence-electron chi connectivity index (χ0n) is 96.4. The molecule has 6 aromatic carbocycles. The van der Waals surface area contributed by atoms with Crippen molar-refractivity contribution in [2.24, 2.45) is 116 Å². The molecule has 132 heavy (non-hydrogen) atoms.